The normalized spacial score (nSPS) is 10.9. The van der Waals surface area contributed by atoms with Gasteiger partial charge in [-0.15, -0.1) is 0 Å². The summed E-state index contributed by atoms with van der Waals surface area (Å²) in [6.45, 7) is 0. The summed E-state index contributed by atoms with van der Waals surface area (Å²) in [5, 5.41) is 4.37. The molecule has 0 saturated heterocycles. The molecule has 0 unspecified atom stereocenters. The average molecular weight is 274 g/mol. The Hall–Kier alpha value is -3.15. The Morgan fingerprint density at radius 1 is 0.810 bits per heavy atom. The van der Waals surface area contributed by atoms with Crippen LogP contribution in [0.15, 0.2) is 61.7 Å². The topological polar surface area (TPSA) is 68.9 Å². The van der Waals surface area contributed by atoms with Crippen molar-refractivity contribution in [2.24, 2.45) is 0 Å². The molecular weight excluding hydrogens is 264 g/mol. The minimum Gasteiger partial charge on any atom is -0.265 e. The molecule has 4 heterocycles. The van der Waals surface area contributed by atoms with E-state index in [-0.39, 0.29) is 0 Å². The molecule has 4 aromatic heterocycles. The van der Waals surface area contributed by atoms with Crippen LogP contribution in [-0.4, -0.2) is 29.5 Å². The third-order valence-electron chi connectivity index (χ3n) is 3.23. The molecule has 6 nitrogen and oxygen atoms in total. The predicted molar refractivity (Wildman–Crippen MR) is 77.2 cm³/mol. The highest BCUT2D eigenvalue weighted by molar-refractivity contribution is 5.77. The molecule has 0 aliphatic carbocycles. The molecule has 0 saturated carbocycles. The van der Waals surface area contributed by atoms with E-state index in [0.29, 0.717) is 0 Å². The lowest BCUT2D eigenvalue weighted by Gasteiger charge is -2.01. The van der Waals surface area contributed by atoms with Crippen molar-refractivity contribution < 1.29 is 0 Å². The summed E-state index contributed by atoms with van der Waals surface area (Å²) in [4.78, 5) is 16.7. The number of rotatable bonds is 2. The van der Waals surface area contributed by atoms with E-state index >= 15 is 0 Å². The summed E-state index contributed by atoms with van der Waals surface area (Å²) in [5.74, 6) is 0. The van der Waals surface area contributed by atoms with Gasteiger partial charge in [-0.05, 0) is 23.8 Å². The van der Waals surface area contributed by atoms with E-state index in [1.54, 1.807) is 35.5 Å². The van der Waals surface area contributed by atoms with Crippen molar-refractivity contribution in [3.05, 3.63) is 61.7 Å². The first-order valence-corrected chi connectivity index (χ1v) is 6.42. The van der Waals surface area contributed by atoms with Gasteiger partial charge < -0.3 is 0 Å². The van der Waals surface area contributed by atoms with Gasteiger partial charge in [-0.3, -0.25) is 4.98 Å². The lowest BCUT2D eigenvalue weighted by molar-refractivity contribution is 0.939. The fraction of sp³-hybridized carbons (Fsp3) is 0. The smallest absolute Gasteiger partial charge is 0.162 e. The van der Waals surface area contributed by atoms with Gasteiger partial charge in [-0.1, -0.05) is 0 Å². The Labute approximate surface area is 120 Å². The highest BCUT2D eigenvalue weighted by Crippen LogP contribution is 2.24. The second kappa shape index (κ2) is 4.75. The van der Waals surface area contributed by atoms with E-state index in [9.17, 15) is 0 Å². The zero-order valence-electron chi connectivity index (χ0n) is 11.0. The summed E-state index contributed by atoms with van der Waals surface area (Å²) in [6, 6.07) is 5.73. The molecule has 0 N–H and O–H groups in total. The molecule has 4 aromatic rings. The van der Waals surface area contributed by atoms with Gasteiger partial charge in [0.25, 0.3) is 0 Å². The van der Waals surface area contributed by atoms with E-state index in [1.165, 1.54) is 6.33 Å². The zero-order valence-corrected chi connectivity index (χ0v) is 11.0. The summed E-state index contributed by atoms with van der Waals surface area (Å²) in [5.41, 5.74) is 4.54. The van der Waals surface area contributed by atoms with Crippen LogP contribution in [0.2, 0.25) is 0 Å². The van der Waals surface area contributed by atoms with Crippen LogP contribution in [0.5, 0.6) is 0 Å². The Balaban J connectivity index is 1.85. The average Bonchev–Trinajstić information content (AvgIpc) is 2.99. The van der Waals surface area contributed by atoms with Crippen LogP contribution in [0.4, 0.5) is 0 Å². The van der Waals surface area contributed by atoms with Crippen molar-refractivity contribution in [3.8, 4) is 22.4 Å². The van der Waals surface area contributed by atoms with Gasteiger partial charge in [-0.2, -0.15) is 5.10 Å². The van der Waals surface area contributed by atoms with Gasteiger partial charge in [0.2, 0.25) is 0 Å². The van der Waals surface area contributed by atoms with Crippen LogP contribution in [0.1, 0.15) is 0 Å². The first-order chi connectivity index (χ1) is 10.4. The predicted octanol–water partition coefficient (Wildman–Crippen LogP) is 2.25. The van der Waals surface area contributed by atoms with Crippen LogP contribution in [0.25, 0.3) is 28.0 Å². The Kier molecular flexibility index (Phi) is 2.64. The molecule has 0 aliphatic rings. The lowest BCUT2D eigenvalue weighted by atomic mass is 10.1. The van der Waals surface area contributed by atoms with Crippen LogP contribution >= 0.6 is 0 Å². The van der Waals surface area contributed by atoms with Crippen molar-refractivity contribution in [2.45, 2.75) is 0 Å². The number of hydrogen-bond donors (Lipinski definition) is 0. The SMILES string of the molecule is c1cc(-c2cnn3cc(-c4ccncn4)cnc23)ccn1. The van der Waals surface area contributed by atoms with E-state index in [4.69, 9.17) is 0 Å². The molecule has 0 spiro atoms. The van der Waals surface area contributed by atoms with Crippen molar-refractivity contribution in [1.82, 2.24) is 29.5 Å². The fourth-order valence-electron chi connectivity index (χ4n) is 2.20. The van der Waals surface area contributed by atoms with Gasteiger partial charge in [0, 0.05) is 42.1 Å². The van der Waals surface area contributed by atoms with E-state index < -0.39 is 0 Å². The maximum atomic E-state index is 4.51. The summed E-state index contributed by atoms with van der Waals surface area (Å²) < 4.78 is 1.76. The van der Waals surface area contributed by atoms with Gasteiger partial charge >= 0.3 is 0 Å². The summed E-state index contributed by atoms with van der Waals surface area (Å²) >= 11 is 0. The van der Waals surface area contributed by atoms with Crippen molar-refractivity contribution >= 4 is 5.65 Å². The van der Waals surface area contributed by atoms with E-state index in [1.807, 2.05) is 24.4 Å². The maximum Gasteiger partial charge on any atom is 0.162 e. The minimum absolute atomic E-state index is 0.805. The molecule has 0 fully saturated rings. The molecule has 100 valence electrons. The molecule has 0 bridgehead atoms. The summed E-state index contributed by atoms with van der Waals surface area (Å²) in [6.07, 6.45) is 12.3. The first-order valence-electron chi connectivity index (χ1n) is 6.42. The number of hydrogen-bond acceptors (Lipinski definition) is 5. The molecule has 0 radical (unpaired) electrons. The van der Waals surface area contributed by atoms with Crippen molar-refractivity contribution in [2.75, 3.05) is 0 Å². The molecule has 0 amide bonds. The van der Waals surface area contributed by atoms with Gasteiger partial charge in [0.1, 0.15) is 6.33 Å². The second-order valence-corrected chi connectivity index (χ2v) is 4.50. The van der Waals surface area contributed by atoms with Crippen LogP contribution < -0.4 is 0 Å². The third kappa shape index (κ3) is 2.02. The molecule has 21 heavy (non-hydrogen) atoms. The van der Waals surface area contributed by atoms with Crippen molar-refractivity contribution in [3.63, 3.8) is 0 Å². The molecular formula is C15H10N6. The van der Waals surface area contributed by atoms with Crippen LogP contribution in [0, 0.1) is 0 Å². The van der Waals surface area contributed by atoms with Gasteiger partial charge in [-0.25, -0.2) is 19.5 Å². The number of fused-ring (bicyclic) bond motifs is 1. The number of aromatic nitrogens is 6. The third-order valence-corrected chi connectivity index (χ3v) is 3.23. The Morgan fingerprint density at radius 3 is 2.48 bits per heavy atom. The van der Waals surface area contributed by atoms with Gasteiger partial charge in [0.15, 0.2) is 5.65 Å². The monoisotopic (exact) mass is 274 g/mol. The van der Waals surface area contributed by atoms with Crippen LogP contribution in [-0.2, 0) is 0 Å². The molecule has 0 atom stereocenters. The van der Waals surface area contributed by atoms with E-state index in [2.05, 4.69) is 25.0 Å². The summed E-state index contributed by atoms with van der Waals surface area (Å²) in [7, 11) is 0. The quantitative estimate of drug-likeness (QED) is 0.560. The molecule has 6 heteroatoms. The molecule has 0 aromatic carbocycles. The number of nitrogens with zero attached hydrogens (tertiary/aromatic N) is 6. The standard InChI is InChI=1S/C15H10N6/c1-4-16-5-2-11(1)13-8-20-21-9-12(7-18-15(13)21)14-3-6-17-10-19-14/h1-10H. The number of pyridine rings is 1. The Bertz CT molecular complexity index is 886. The first kappa shape index (κ1) is 11.7. The molecule has 0 aliphatic heterocycles. The Morgan fingerprint density at radius 2 is 1.67 bits per heavy atom. The fourth-order valence-corrected chi connectivity index (χ4v) is 2.20. The van der Waals surface area contributed by atoms with Gasteiger partial charge in [0.05, 0.1) is 11.9 Å². The zero-order chi connectivity index (χ0) is 14.1. The highest BCUT2D eigenvalue weighted by Gasteiger charge is 2.09. The highest BCUT2D eigenvalue weighted by atomic mass is 15.2. The largest absolute Gasteiger partial charge is 0.265 e. The van der Waals surface area contributed by atoms with Crippen molar-refractivity contribution in [1.29, 1.82) is 0 Å². The van der Waals surface area contributed by atoms with E-state index in [0.717, 1.165) is 28.0 Å². The second-order valence-electron chi connectivity index (χ2n) is 4.50. The van der Waals surface area contributed by atoms with Crippen LogP contribution in [0.3, 0.4) is 0 Å². The lowest BCUT2D eigenvalue weighted by Crippen LogP contribution is -1.93. The maximum absolute atomic E-state index is 4.51. The minimum atomic E-state index is 0.805. The molecule has 4 rings (SSSR count).